The van der Waals surface area contributed by atoms with Gasteiger partial charge in [-0.1, -0.05) is 15.9 Å². The van der Waals surface area contributed by atoms with Gasteiger partial charge in [0.1, 0.15) is 0 Å². The summed E-state index contributed by atoms with van der Waals surface area (Å²) in [6, 6.07) is 0. The van der Waals surface area contributed by atoms with E-state index >= 15 is 0 Å². The van der Waals surface area contributed by atoms with E-state index in [1.54, 1.807) is 0 Å². The SMILES string of the molecule is CC(=O)NNC(=O)COC(=O)CC12C[C@@H]3C[C@H](CC(Br)(C3)C1)C2. The largest absolute Gasteiger partial charge is 0.455 e. The lowest BCUT2D eigenvalue weighted by Gasteiger charge is -2.60. The van der Waals surface area contributed by atoms with Crippen LogP contribution in [-0.2, 0) is 19.1 Å². The topological polar surface area (TPSA) is 84.5 Å². The van der Waals surface area contributed by atoms with Crippen LogP contribution in [0.5, 0.6) is 0 Å². The van der Waals surface area contributed by atoms with E-state index in [1.165, 1.54) is 26.2 Å². The molecule has 0 radical (unpaired) electrons. The fraction of sp³-hybridized carbons (Fsp3) is 0.812. The van der Waals surface area contributed by atoms with E-state index < -0.39 is 5.91 Å². The van der Waals surface area contributed by atoms with Crippen LogP contribution in [0.1, 0.15) is 51.9 Å². The van der Waals surface area contributed by atoms with Crippen molar-refractivity contribution in [1.29, 1.82) is 0 Å². The lowest BCUT2D eigenvalue weighted by Crippen LogP contribution is -2.53. The molecular formula is C16H23BrN2O4. The highest BCUT2D eigenvalue weighted by Gasteiger charge is 2.57. The van der Waals surface area contributed by atoms with Gasteiger partial charge < -0.3 is 4.74 Å². The van der Waals surface area contributed by atoms with E-state index in [0.717, 1.165) is 19.3 Å². The van der Waals surface area contributed by atoms with Gasteiger partial charge in [-0.3, -0.25) is 25.2 Å². The molecule has 4 rings (SSSR count). The Kier molecular flexibility index (Phi) is 4.42. The molecule has 0 unspecified atom stereocenters. The number of hydrogen-bond donors (Lipinski definition) is 2. The summed E-state index contributed by atoms with van der Waals surface area (Å²) >= 11 is 3.92. The Morgan fingerprint density at radius 2 is 1.78 bits per heavy atom. The molecule has 0 aliphatic heterocycles. The van der Waals surface area contributed by atoms with Crippen molar-refractivity contribution in [3.63, 3.8) is 0 Å². The van der Waals surface area contributed by atoms with E-state index in [-0.39, 0.29) is 28.2 Å². The summed E-state index contributed by atoms with van der Waals surface area (Å²) in [5, 5.41) is 0. The number of amides is 2. The van der Waals surface area contributed by atoms with Gasteiger partial charge in [0.2, 0.25) is 5.91 Å². The summed E-state index contributed by atoms with van der Waals surface area (Å²) in [5.41, 5.74) is 4.38. The van der Waals surface area contributed by atoms with Gasteiger partial charge >= 0.3 is 5.97 Å². The van der Waals surface area contributed by atoms with Crippen LogP contribution in [0.4, 0.5) is 0 Å². The van der Waals surface area contributed by atoms with Crippen molar-refractivity contribution < 1.29 is 19.1 Å². The standard InChI is InChI=1S/C16H23BrN2O4/c1-10(20)18-19-13(21)8-23-14(22)7-15-3-11-2-12(4-15)6-16(17,5-11)9-15/h11-12H,2-9H2,1H3,(H,18,20)(H,19,21)/t11-,12-,15?,16?/m0/s1. The molecule has 0 heterocycles. The summed E-state index contributed by atoms with van der Waals surface area (Å²) < 4.78 is 5.30. The van der Waals surface area contributed by atoms with Crippen molar-refractivity contribution in [3.05, 3.63) is 0 Å². The Morgan fingerprint density at radius 1 is 1.13 bits per heavy atom. The zero-order valence-corrected chi connectivity index (χ0v) is 14.9. The van der Waals surface area contributed by atoms with Crippen molar-refractivity contribution >= 4 is 33.7 Å². The number of rotatable bonds is 4. The van der Waals surface area contributed by atoms with Crippen molar-refractivity contribution in [2.75, 3.05) is 6.61 Å². The molecule has 4 bridgehead atoms. The molecule has 4 saturated carbocycles. The van der Waals surface area contributed by atoms with Crippen LogP contribution in [0.3, 0.4) is 0 Å². The Morgan fingerprint density at radius 3 is 2.35 bits per heavy atom. The number of esters is 1. The van der Waals surface area contributed by atoms with Crippen molar-refractivity contribution in [1.82, 2.24) is 10.9 Å². The Hall–Kier alpha value is -1.11. The predicted octanol–water partition coefficient (Wildman–Crippen LogP) is 1.82. The monoisotopic (exact) mass is 386 g/mol. The molecular weight excluding hydrogens is 364 g/mol. The molecule has 0 saturated heterocycles. The molecule has 7 heteroatoms. The first-order chi connectivity index (χ1) is 10.8. The molecule has 0 aromatic carbocycles. The predicted molar refractivity (Wildman–Crippen MR) is 86.3 cm³/mol. The molecule has 2 atom stereocenters. The van der Waals surface area contributed by atoms with Gasteiger partial charge in [-0.15, -0.1) is 0 Å². The number of nitrogens with one attached hydrogen (secondary N) is 2. The number of hydrogen-bond acceptors (Lipinski definition) is 4. The molecule has 4 aliphatic rings. The van der Waals surface area contributed by atoms with E-state index in [1.807, 2.05) is 0 Å². The molecule has 4 fully saturated rings. The highest BCUT2D eigenvalue weighted by Crippen LogP contribution is 2.65. The van der Waals surface area contributed by atoms with Crippen LogP contribution in [-0.4, -0.2) is 28.7 Å². The maximum atomic E-state index is 12.2. The summed E-state index contributed by atoms with van der Waals surface area (Å²) in [6.45, 7) is 0.928. The zero-order chi connectivity index (χ0) is 16.7. The molecule has 128 valence electrons. The molecule has 23 heavy (non-hydrogen) atoms. The van der Waals surface area contributed by atoms with Gasteiger partial charge in [0, 0.05) is 11.2 Å². The molecule has 0 aromatic rings. The highest BCUT2D eigenvalue weighted by atomic mass is 79.9. The number of halogens is 1. The molecule has 6 nitrogen and oxygen atoms in total. The lowest BCUT2D eigenvalue weighted by molar-refractivity contribution is -0.155. The number of hydrazine groups is 1. The van der Waals surface area contributed by atoms with Crippen LogP contribution in [0.15, 0.2) is 0 Å². The second kappa shape index (κ2) is 6.07. The van der Waals surface area contributed by atoms with Crippen molar-refractivity contribution in [3.8, 4) is 0 Å². The van der Waals surface area contributed by atoms with Gasteiger partial charge in [0.15, 0.2) is 6.61 Å². The van der Waals surface area contributed by atoms with Crippen molar-refractivity contribution in [2.24, 2.45) is 17.3 Å². The third-order valence-electron chi connectivity index (χ3n) is 5.37. The fourth-order valence-corrected chi connectivity index (χ4v) is 6.75. The van der Waals surface area contributed by atoms with Gasteiger partial charge in [-0.2, -0.15) is 0 Å². The van der Waals surface area contributed by atoms with Gasteiger partial charge in [-0.25, -0.2) is 0 Å². The van der Waals surface area contributed by atoms with E-state index in [0.29, 0.717) is 18.3 Å². The molecule has 0 aromatic heterocycles. The Bertz CT molecular complexity index is 522. The Labute approximate surface area is 144 Å². The smallest absolute Gasteiger partial charge is 0.306 e. The van der Waals surface area contributed by atoms with Crippen LogP contribution in [0.2, 0.25) is 0 Å². The molecule has 2 amide bonds. The number of alkyl halides is 1. The van der Waals surface area contributed by atoms with E-state index in [2.05, 4.69) is 26.8 Å². The fourth-order valence-electron chi connectivity index (χ4n) is 5.24. The molecule has 4 aliphatic carbocycles. The molecule has 2 N–H and O–H groups in total. The second-order valence-corrected chi connectivity index (χ2v) is 9.36. The highest BCUT2D eigenvalue weighted by molar-refractivity contribution is 9.10. The average molecular weight is 387 g/mol. The van der Waals surface area contributed by atoms with E-state index in [9.17, 15) is 14.4 Å². The average Bonchev–Trinajstić information content (AvgIpc) is 2.39. The first kappa shape index (κ1) is 16.7. The Balaban J connectivity index is 1.50. The van der Waals surface area contributed by atoms with Gasteiger partial charge in [0.25, 0.3) is 5.91 Å². The number of ether oxygens (including phenoxy) is 1. The van der Waals surface area contributed by atoms with Gasteiger partial charge in [-0.05, 0) is 55.8 Å². The number of carbonyl (C=O) groups excluding carboxylic acids is 3. The first-order valence-electron chi connectivity index (χ1n) is 8.18. The third kappa shape index (κ3) is 3.87. The minimum atomic E-state index is -0.531. The van der Waals surface area contributed by atoms with Crippen LogP contribution in [0.25, 0.3) is 0 Å². The second-order valence-electron chi connectivity index (χ2n) is 7.68. The minimum Gasteiger partial charge on any atom is -0.455 e. The third-order valence-corrected chi connectivity index (χ3v) is 6.30. The van der Waals surface area contributed by atoms with Crippen LogP contribution < -0.4 is 10.9 Å². The first-order valence-corrected chi connectivity index (χ1v) is 8.97. The lowest BCUT2D eigenvalue weighted by atomic mass is 9.49. The van der Waals surface area contributed by atoms with E-state index in [4.69, 9.17) is 4.74 Å². The summed E-state index contributed by atoms with van der Waals surface area (Å²) in [6.07, 6.45) is 7.36. The maximum absolute atomic E-state index is 12.2. The summed E-state index contributed by atoms with van der Waals surface area (Å²) in [5.74, 6) is 0.205. The summed E-state index contributed by atoms with van der Waals surface area (Å²) in [4.78, 5) is 34.3. The quantitative estimate of drug-likeness (QED) is 0.438. The van der Waals surface area contributed by atoms with Crippen LogP contribution in [0, 0.1) is 17.3 Å². The normalized spacial score (nSPS) is 37.3. The maximum Gasteiger partial charge on any atom is 0.306 e. The number of carbonyl (C=O) groups is 3. The van der Waals surface area contributed by atoms with Crippen LogP contribution >= 0.6 is 15.9 Å². The van der Waals surface area contributed by atoms with Crippen molar-refractivity contribution in [2.45, 2.75) is 56.2 Å². The zero-order valence-electron chi connectivity index (χ0n) is 13.3. The minimum absolute atomic E-state index is 0.0405. The molecule has 0 spiro atoms. The van der Waals surface area contributed by atoms with Gasteiger partial charge in [0.05, 0.1) is 6.42 Å². The summed E-state index contributed by atoms with van der Waals surface area (Å²) in [7, 11) is 0.